The van der Waals surface area contributed by atoms with Gasteiger partial charge in [-0.1, -0.05) is 13.8 Å². The van der Waals surface area contributed by atoms with Crippen LogP contribution < -0.4 is 11.4 Å². The van der Waals surface area contributed by atoms with Crippen LogP contribution in [-0.2, 0) is 19.0 Å². The van der Waals surface area contributed by atoms with Crippen molar-refractivity contribution < 1.29 is 19.0 Å². The van der Waals surface area contributed by atoms with Crippen LogP contribution >= 0.6 is 0 Å². The lowest BCUT2D eigenvalue weighted by Gasteiger charge is -2.30. The molecule has 22 heavy (non-hydrogen) atoms. The van der Waals surface area contributed by atoms with Gasteiger partial charge in [0.2, 0.25) is 0 Å². The average Bonchev–Trinajstić information content (AvgIpc) is 2.73. The minimum absolute atomic E-state index is 0.116. The van der Waals surface area contributed by atoms with Gasteiger partial charge in [0.1, 0.15) is 5.82 Å². The molecule has 0 saturated carbocycles. The lowest BCUT2D eigenvalue weighted by molar-refractivity contribution is -0.242. The maximum absolute atomic E-state index is 12.1. The number of methoxy groups -OCH3 is 1. The zero-order chi connectivity index (χ0) is 16.5. The van der Waals surface area contributed by atoms with Gasteiger partial charge in [-0.25, -0.2) is 4.79 Å². The molecule has 0 aliphatic carbocycles. The molecule has 0 spiro atoms. The number of anilines is 1. The predicted molar refractivity (Wildman–Crippen MR) is 77.8 cm³/mol. The fourth-order valence-corrected chi connectivity index (χ4v) is 2.85. The summed E-state index contributed by atoms with van der Waals surface area (Å²) in [7, 11) is 1.53. The maximum atomic E-state index is 12.1. The number of nitrogens with zero attached hydrogens (tertiary/aromatic N) is 2. The van der Waals surface area contributed by atoms with Crippen LogP contribution in [0.3, 0.4) is 0 Å². The second kappa shape index (κ2) is 6.05. The third-order valence-electron chi connectivity index (χ3n) is 4.05. The minimum atomic E-state index is -0.939. The summed E-state index contributed by atoms with van der Waals surface area (Å²) in [4.78, 5) is 27.2. The molecule has 4 atom stereocenters. The Balaban J connectivity index is 2.46. The molecule has 2 heterocycles. The Hall–Kier alpha value is -1.93. The van der Waals surface area contributed by atoms with Crippen molar-refractivity contribution in [2.75, 3.05) is 12.8 Å². The van der Waals surface area contributed by atoms with Crippen molar-refractivity contribution in [3.8, 4) is 0 Å². The van der Waals surface area contributed by atoms with Crippen molar-refractivity contribution in [3.63, 3.8) is 0 Å². The molecular weight excluding hydrogens is 290 g/mol. The average molecular weight is 311 g/mol. The predicted octanol–water partition coefficient (Wildman–Crippen LogP) is 0.675. The Morgan fingerprint density at radius 2 is 2.27 bits per heavy atom. The second-order valence-electron chi connectivity index (χ2n) is 5.28. The summed E-state index contributed by atoms with van der Waals surface area (Å²) < 4.78 is 18.1. The Kier molecular flexibility index (Phi) is 4.52. The van der Waals surface area contributed by atoms with Crippen molar-refractivity contribution in [2.24, 2.45) is 5.92 Å². The van der Waals surface area contributed by atoms with E-state index in [-0.39, 0.29) is 11.7 Å². The summed E-state index contributed by atoms with van der Waals surface area (Å²) in [5, 5.41) is 0. The number of rotatable bonds is 4. The number of aromatic nitrogens is 2. The molecule has 2 N–H and O–H groups in total. The van der Waals surface area contributed by atoms with Crippen LogP contribution in [0.4, 0.5) is 5.82 Å². The van der Waals surface area contributed by atoms with E-state index in [4.69, 9.17) is 19.9 Å². The number of carbonyl (C=O) groups is 1. The molecule has 1 saturated heterocycles. The van der Waals surface area contributed by atoms with Gasteiger partial charge in [0, 0.05) is 20.2 Å². The number of carbonyl (C=O) groups excluding carboxylic acids is 1. The Morgan fingerprint density at radius 1 is 1.59 bits per heavy atom. The summed E-state index contributed by atoms with van der Waals surface area (Å²) in [5.74, 6) is -1.54. The summed E-state index contributed by atoms with van der Waals surface area (Å²) in [6.45, 7) is 5.07. The number of nitrogens with two attached hydrogens (primary N) is 1. The third kappa shape index (κ3) is 2.71. The van der Waals surface area contributed by atoms with Crippen LogP contribution in [0.15, 0.2) is 17.1 Å². The van der Waals surface area contributed by atoms with Crippen LogP contribution in [0.2, 0.25) is 0 Å². The van der Waals surface area contributed by atoms with Crippen molar-refractivity contribution in [1.29, 1.82) is 0 Å². The van der Waals surface area contributed by atoms with Crippen molar-refractivity contribution in [2.45, 2.75) is 45.3 Å². The van der Waals surface area contributed by atoms with Gasteiger partial charge in [0.05, 0.1) is 5.92 Å². The van der Waals surface area contributed by atoms with E-state index in [1.54, 1.807) is 0 Å². The normalized spacial score (nSPS) is 31.2. The highest BCUT2D eigenvalue weighted by Gasteiger charge is 2.55. The number of nitrogen functional groups attached to an aromatic ring is 1. The minimum Gasteiger partial charge on any atom is -0.457 e. The summed E-state index contributed by atoms with van der Waals surface area (Å²) in [6, 6.07) is 1.49. The van der Waals surface area contributed by atoms with E-state index in [2.05, 4.69) is 4.98 Å². The van der Waals surface area contributed by atoms with Gasteiger partial charge < -0.3 is 19.9 Å². The zero-order valence-electron chi connectivity index (χ0n) is 13.1. The fraction of sp³-hybridized carbons (Fsp3) is 0.643. The van der Waals surface area contributed by atoms with Crippen LogP contribution in [0.5, 0.6) is 0 Å². The maximum Gasteiger partial charge on any atom is 0.351 e. The zero-order valence-corrected chi connectivity index (χ0v) is 13.1. The molecule has 8 nitrogen and oxygen atoms in total. The number of hydrogen-bond acceptors (Lipinski definition) is 7. The van der Waals surface area contributed by atoms with E-state index in [1.165, 1.54) is 30.9 Å². The Bertz CT molecular complexity index is 611. The highest BCUT2D eigenvalue weighted by atomic mass is 16.7. The number of esters is 1. The molecule has 0 unspecified atom stereocenters. The first-order valence-corrected chi connectivity index (χ1v) is 7.09. The number of ether oxygens (including phenoxy) is 3. The molecule has 0 amide bonds. The third-order valence-corrected chi connectivity index (χ3v) is 4.05. The summed E-state index contributed by atoms with van der Waals surface area (Å²) >= 11 is 0. The highest BCUT2D eigenvalue weighted by Crippen LogP contribution is 2.45. The quantitative estimate of drug-likeness (QED) is 0.815. The molecule has 8 heteroatoms. The van der Waals surface area contributed by atoms with E-state index >= 15 is 0 Å². The van der Waals surface area contributed by atoms with Gasteiger partial charge in [-0.15, -0.1) is 0 Å². The van der Waals surface area contributed by atoms with Crippen molar-refractivity contribution in [3.05, 3.63) is 22.7 Å². The first-order chi connectivity index (χ1) is 10.3. The molecular formula is C14H21N3O5. The molecule has 1 fully saturated rings. The van der Waals surface area contributed by atoms with Crippen LogP contribution in [0.25, 0.3) is 0 Å². The highest BCUT2D eigenvalue weighted by molar-refractivity contribution is 5.66. The molecule has 0 bridgehead atoms. The van der Waals surface area contributed by atoms with E-state index in [1.807, 2.05) is 13.8 Å². The first kappa shape index (κ1) is 16.4. The molecule has 2 rings (SSSR count). The van der Waals surface area contributed by atoms with Crippen LogP contribution in [0, 0.1) is 5.92 Å². The van der Waals surface area contributed by atoms with Gasteiger partial charge in [0.25, 0.3) is 0 Å². The Labute approximate surface area is 128 Å². The molecule has 122 valence electrons. The van der Waals surface area contributed by atoms with E-state index in [9.17, 15) is 9.59 Å². The van der Waals surface area contributed by atoms with Crippen LogP contribution in [0.1, 0.15) is 33.4 Å². The van der Waals surface area contributed by atoms with Crippen molar-refractivity contribution >= 4 is 11.8 Å². The fourth-order valence-electron chi connectivity index (χ4n) is 2.85. The van der Waals surface area contributed by atoms with Gasteiger partial charge in [-0.05, 0) is 12.5 Å². The second-order valence-corrected chi connectivity index (χ2v) is 5.28. The molecule has 1 aromatic rings. The van der Waals surface area contributed by atoms with E-state index in [0.29, 0.717) is 6.42 Å². The SMILES string of the molecule is CC[C@@]1(OC)O[C@@H](n2ccc(N)nc2=O)[C@H](OC(C)=O)[C@@H]1C. The van der Waals surface area contributed by atoms with Crippen LogP contribution in [-0.4, -0.2) is 34.5 Å². The summed E-state index contributed by atoms with van der Waals surface area (Å²) in [6.07, 6.45) is 0.524. The molecule has 1 aliphatic heterocycles. The van der Waals surface area contributed by atoms with E-state index in [0.717, 1.165) is 0 Å². The van der Waals surface area contributed by atoms with Gasteiger partial charge >= 0.3 is 11.7 Å². The standard InChI is InChI=1S/C14H21N3O5/c1-5-14(20-4)8(2)11(21-9(3)18)12(22-14)17-7-6-10(15)16-13(17)19/h6-8,11-12H,5H2,1-4H3,(H2,15,16,19)/t8-,11+,12+,14+/m0/s1. The molecule has 1 aromatic heterocycles. The lowest BCUT2D eigenvalue weighted by Crippen LogP contribution is -2.39. The monoisotopic (exact) mass is 311 g/mol. The lowest BCUT2D eigenvalue weighted by atomic mass is 9.94. The van der Waals surface area contributed by atoms with E-state index < -0.39 is 29.8 Å². The van der Waals surface area contributed by atoms with Gasteiger partial charge in [-0.2, -0.15) is 4.98 Å². The smallest absolute Gasteiger partial charge is 0.351 e. The molecule has 0 aromatic carbocycles. The number of hydrogen-bond donors (Lipinski definition) is 1. The van der Waals surface area contributed by atoms with Gasteiger partial charge in [0.15, 0.2) is 18.1 Å². The first-order valence-electron chi connectivity index (χ1n) is 7.09. The Morgan fingerprint density at radius 3 is 2.77 bits per heavy atom. The van der Waals surface area contributed by atoms with Gasteiger partial charge in [-0.3, -0.25) is 9.36 Å². The summed E-state index contributed by atoms with van der Waals surface area (Å²) in [5.41, 5.74) is 4.93. The largest absolute Gasteiger partial charge is 0.457 e. The topological polar surface area (TPSA) is 106 Å². The van der Waals surface area contributed by atoms with Crippen molar-refractivity contribution in [1.82, 2.24) is 9.55 Å². The molecule has 0 radical (unpaired) electrons. The molecule has 1 aliphatic rings.